The van der Waals surface area contributed by atoms with Gasteiger partial charge in [0.1, 0.15) is 0 Å². The molecule has 1 rings (SSSR count). The van der Waals surface area contributed by atoms with E-state index in [9.17, 15) is 4.79 Å². The summed E-state index contributed by atoms with van der Waals surface area (Å²) >= 11 is 0. The fourth-order valence-corrected chi connectivity index (χ4v) is 1.75. The highest BCUT2D eigenvalue weighted by Gasteiger charge is 2.11. The SMILES string of the molecule is COC(=O)C(CCCCCc1ccccc1)=NO. The highest BCUT2D eigenvalue weighted by molar-refractivity contribution is 6.36. The van der Waals surface area contributed by atoms with Crippen LogP contribution in [0.15, 0.2) is 35.5 Å². The van der Waals surface area contributed by atoms with Crippen LogP contribution in [0.5, 0.6) is 0 Å². The summed E-state index contributed by atoms with van der Waals surface area (Å²) in [5.41, 5.74) is 1.42. The molecule has 1 N–H and O–H groups in total. The molecule has 0 spiro atoms. The topological polar surface area (TPSA) is 58.9 Å². The van der Waals surface area contributed by atoms with Crippen LogP contribution in [-0.2, 0) is 16.0 Å². The molecule has 18 heavy (non-hydrogen) atoms. The van der Waals surface area contributed by atoms with E-state index in [1.165, 1.54) is 12.7 Å². The van der Waals surface area contributed by atoms with E-state index >= 15 is 0 Å². The summed E-state index contributed by atoms with van der Waals surface area (Å²) in [6.45, 7) is 0. The number of hydrogen-bond acceptors (Lipinski definition) is 4. The van der Waals surface area contributed by atoms with Gasteiger partial charge in [-0.25, -0.2) is 4.79 Å². The molecule has 1 aromatic rings. The number of nitrogens with zero attached hydrogens (tertiary/aromatic N) is 1. The van der Waals surface area contributed by atoms with Crippen molar-refractivity contribution in [1.29, 1.82) is 0 Å². The third kappa shape index (κ3) is 4.99. The van der Waals surface area contributed by atoms with Gasteiger partial charge in [-0.15, -0.1) is 0 Å². The molecule has 4 nitrogen and oxygen atoms in total. The predicted molar refractivity (Wildman–Crippen MR) is 69.9 cm³/mol. The molecule has 0 heterocycles. The number of methoxy groups -OCH3 is 1. The standard InChI is InChI=1S/C14H19NO3/c1-18-14(16)13(15-17)11-7-3-6-10-12-8-4-2-5-9-12/h2,4-5,8-9,17H,3,6-7,10-11H2,1H3. The number of hydrogen-bond donors (Lipinski definition) is 1. The van der Waals surface area contributed by atoms with Gasteiger partial charge in [-0.3, -0.25) is 0 Å². The Bertz CT molecular complexity index is 387. The lowest BCUT2D eigenvalue weighted by atomic mass is 10.1. The Hall–Kier alpha value is -1.84. The normalized spacial score (nSPS) is 11.3. The number of ether oxygens (including phenoxy) is 1. The number of aryl methyl sites for hydroxylation is 1. The van der Waals surface area contributed by atoms with Crippen LogP contribution in [0.25, 0.3) is 0 Å². The number of esters is 1. The van der Waals surface area contributed by atoms with E-state index < -0.39 is 5.97 Å². The van der Waals surface area contributed by atoms with E-state index in [0.29, 0.717) is 6.42 Å². The first-order valence-electron chi connectivity index (χ1n) is 6.11. The van der Waals surface area contributed by atoms with Gasteiger partial charge in [0, 0.05) is 6.42 Å². The Kier molecular flexibility index (Phi) is 6.54. The molecular weight excluding hydrogens is 230 g/mol. The summed E-state index contributed by atoms with van der Waals surface area (Å²) in [6, 6.07) is 10.3. The van der Waals surface area contributed by atoms with Crippen molar-refractivity contribution in [1.82, 2.24) is 0 Å². The maximum absolute atomic E-state index is 11.1. The molecule has 0 saturated heterocycles. The highest BCUT2D eigenvalue weighted by Crippen LogP contribution is 2.08. The Morgan fingerprint density at radius 1 is 1.22 bits per heavy atom. The lowest BCUT2D eigenvalue weighted by Gasteiger charge is -2.03. The van der Waals surface area contributed by atoms with Gasteiger partial charge in [-0.05, 0) is 24.8 Å². The molecule has 0 radical (unpaired) electrons. The van der Waals surface area contributed by atoms with Gasteiger partial charge in [0.05, 0.1) is 7.11 Å². The monoisotopic (exact) mass is 249 g/mol. The van der Waals surface area contributed by atoms with Crippen molar-refractivity contribution in [2.24, 2.45) is 5.16 Å². The highest BCUT2D eigenvalue weighted by atomic mass is 16.5. The van der Waals surface area contributed by atoms with Crippen molar-refractivity contribution in [3.8, 4) is 0 Å². The van der Waals surface area contributed by atoms with Gasteiger partial charge in [0.2, 0.25) is 0 Å². The van der Waals surface area contributed by atoms with E-state index in [1.54, 1.807) is 0 Å². The number of benzene rings is 1. The average molecular weight is 249 g/mol. The fraction of sp³-hybridized carbons (Fsp3) is 0.429. The first-order chi connectivity index (χ1) is 8.77. The van der Waals surface area contributed by atoms with Crippen LogP contribution >= 0.6 is 0 Å². The van der Waals surface area contributed by atoms with Gasteiger partial charge >= 0.3 is 5.97 Å². The second-order valence-corrected chi connectivity index (χ2v) is 4.08. The third-order valence-corrected chi connectivity index (χ3v) is 2.76. The molecule has 4 heteroatoms. The Labute approximate surface area is 107 Å². The zero-order chi connectivity index (χ0) is 13.2. The van der Waals surface area contributed by atoms with E-state index in [1.807, 2.05) is 18.2 Å². The van der Waals surface area contributed by atoms with Crippen LogP contribution in [0.2, 0.25) is 0 Å². The summed E-state index contributed by atoms with van der Waals surface area (Å²) in [4.78, 5) is 11.1. The maximum Gasteiger partial charge on any atom is 0.355 e. The largest absolute Gasteiger partial charge is 0.464 e. The Morgan fingerprint density at radius 2 is 1.94 bits per heavy atom. The van der Waals surface area contributed by atoms with Gasteiger partial charge in [-0.2, -0.15) is 0 Å². The third-order valence-electron chi connectivity index (χ3n) is 2.76. The molecule has 0 saturated carbocycles. The molecule has 0 bridgehead atoms. The Morgan fingerprint density at radius 3 is 2.56 bits per heavy atom. The quantitative estimate of drug-likeness (QED) is 0.266. The fourth-order valence-electron chi connectivity index (χ4n) is 1.75. The van der Waals surface area contributed by atoms with Crippen molar-refractivity contribution in [3.63, 3.8) is 0 Å². The average Bonchev–Trinajstić information content (AvgIpc) is 2.43. The first kappa shape index (κ1) is 14.2. The lowest BCUT2D eigenvalue weighted by Crippen LogP contribution is -2.15. The van der Waals surface area contributed by atoms with Crippen molar-refractivity contribution >= 4 is 11.7 Å². The van der Waals surface area contributed by atoms with Crippen LogP contribution < -0.4 is 0 Å². The van der Waals surface area contributed by atoms with E-state index in [0.717, 1.165) is 25.7 Å². The minimum Gasteiger partial charge on any atom is -0.464 e. The molecule has 0 atom stereocenters. The predicted octanol–water partition coefficient (Wildman–Crippen LogP) is 2.79. The van der Waals surface area contributed by atoms with Crippen LogP contribution in [0, 0.1) is 0 Å². The van der Waals surface area contributed by atoms with Crippen molar-refractivity contribution in [3.05, 3.63) is 35.9 Å². The summed E-state index contributed by atoms with van der Waals surface area (Å²) in [5.74, 6) is -0.555. The number of carbonyl (C=O) groups excluding carboxylic acids is 1. The molecule has 0 aliphatic rings. The van der Waals surface area contributed by atoms with Crippen LogP contribution in [0.4, 0.5) is 0 Å². The second kappa shape index (κ2) is 8.28. The van der Waals surface area contributed by atoms with E-state index in [2.05, 4.69) is 22.0 Å². The molecule has 98 valence electrons. The molecule has 0 amide bonds. The van der Waals surface area contributed by atoms with Gasteiger partial charge in [0.25, 0.3) is 0 Å². The minimum atomic E-state index is -0.555. The number of carbonyl (C=O) groups is 1. The van der Waals surface area contributed by atoms with Gasteiger partial charge in [-0.1, -0.05) is 41.9 Å². The molecule has 0 fully saturated rings. The van der Waals surface area contributed by atoms with E-state index in [4.69, 9.17) is 5.21 Å². The van der Waals surface area contributed by atoms with Crippen molar-refractivity contribution in [2.75, 3.05) is 7.11 Å². The summed E-state index contributed by atoms with van der Waals surface area (Å²) in [6.07, 6.45) is 4.36. The first-order valence-corrected chi connectivity index (χ1v) is 6.11. The minimum absolute atomic E-state index is 0.0946. The summed E-state index contributed by atoms with van der Waals surface area (Å²) in [5, 5.41) is 11.6. The smallest absolute Gasteiger partial charge is 0.355 e. The van der Waals surface area contributed by atoms with Crippen molar-refractivity contribution < 1.29 is 14.7 Å². The second-order valence-electron chi connectivity index (χ2n) is 4.08. The zero-order valence-corrected chi connectivity index (χ0v) is 10.6. The molecule has 0 aliphatic heterocycles. The molecule has 0 aliphatic carbocycles. The molecule has 1 aromatic carbocycles. The molecule has 0 aromatic heterocycles. The summed E-state index contributed by atoms with van der Waals surface area (Å²) in [7, 11) is 1.28. The van der Waals surface area contributed by atoms with Crippen LogP contribution in [0.3, 0.4) is 0 Å². The zero-order valence-electron chi connectivity index (χ0n) is 10.6. The number of oxime groups is 1. The van der Waals surface area contributed by atoms with Crippen molar-refractivity contribution in [2.45, 2.75) is 32.1 Å². The van der Waals surface area contributed by atoms with Gasteiger partial charge < -0.3 is 9.94 Å². The Balaban J connectivity index is 2.17. The van der Waals surface area contributed by atoms with E-state index in [-0.39, 0.29) is 5.71 Å². The molecule has 0 unspecified atom stereocenters. The number of rotatable bonds is 7. The summed E-state index contributed by atoms with van der Waals surface area (Å²) < 4.78 is 4.50. The lowest BCUT2D eigenvalue weighted by molar-refractivity contribution is -0.133. The maximum atomic E-state index is 11.1. The number of unbranched alkanes of at least 4 members (excludes halogenated alkanes) is 2. The van der Waals surface area contributed by atoms with Gasteiger partial charge in [0.15, 0.2) is 5.71 Å². The van der Waals surface area contributed by atoms with Crippen LogP contribution in [0.1, 0.15) is 31.2 Å². The van der Waals surface area contributed by atoms with Crippen LogP contribution in [-0.4, -0.2) is 24.0 Å². The molecular formula is C14H19NO3.